The molecule has 1 aromatic carbocycles. The summed E-state index contributed by atoms with van der Waals surface area (Å²) in [6.07, 6.45) is 0. The summed E-state index contributed by atoms with van der Waals surface area (Å²) < 4.78 is 27.8. The van der Waals surface area contributed by atoms with E-state index in [1.54, 1.807) is 13.0 Å². The van der Waals surface area contributed by atoms with E-state index in [2.05, 4.69) is 5.32 Å². The van der Waals surface area contributed by atoms with E-state index in [1.807, 2.05) is 0 Å². The SMILES string of the molecule is COc1ccc(C(C)NC(C)=O)cc1S(=O)(=O)Cl. The van der Waals surface area contributed by atoms with Crippen molar-refractivity contribution in [3.05, 3.63) is 23.8 Å². The molecule has 0 aromatic heterocycles. The van der Waals surface area contributed by atoms with Crippen LogP contribution in [0.2, 0.25) is 0 Å². The van der Waals surface area contributed by atoms with Gasteiger partial charge < -0.3 is 10.1 Å². The maximum atomic E-state index is 11.4. The molecule has 100 valence electrons. The highest BCUT2D eigenvalue weighted by molar-refractivity contribution is 8.13. The molecule has 1 rings (SSSR count). The Morgan fingerprint density at radius 2 is 2.06 bits per heavy atom. The van der Waals surface area contributed by atoms with E-state index >= 15 is 0 Å². The number of methoxy groups -OCH3 is 1. The van der Waals surface area contributed by atoms with E-state index in [-0.39, 0.29) is 22.6 Å². The quantitative estimate of drug-likeness (QED) is 0.859. The van der Waals surface area contributed by atoms with Crippen LogP contribution < -0.4 is 10.1 Å². The molecule has 0 aliphatic carbocycles. The number of benzene rings is 1. The molecule has 0 heterocycles. The van der Waals surface area contributed by atoms with Crippen molar-refractivity contribution in [2.75, 3.05) is 7.11 Å². The molecule has 1 atom stereocenters. The fourth-order valence-electron chi connectivity index (χ4n) is 1.54. The summed E-state index contributed by atoms with van der Waals surface area (Å²) in [6.45, 7) is 3.13. The van der Waals surface area contributed by atoms with Crippen LogP contribution in [0.1, 0.15) is 25.5 Å². The van der Waals surface area contributed by atoms with E-state index in [4.69, 9.17) is 15.4 Å². The van der Waals surface area contributed by atoms with E-state index < -0.39 is 9.05 Å². The van der Waals surface area contributed by atoms with Crippen molar-refractivity contribution in [1.29, 1.82) is 0 Å². The van der Waals surface area contributed by atoms with Gasteiger partial charge in [0.25, 0.3) is 9.05 Å². The predicted octanol–water partition coefficient (Wildman–Crippen LogP) is 1.82. The van der Waals surface area contributed by atoms with Crippen LogP contribution in [-0.2, 0) is 13.8 Å². The highest BCUT2D eigenvalue weighted by Gasteiger charge is 2.19. The van der Waals surface area contributed by atoms with Gasteiger partial charge in [-0.25, -0.2) is 8.42 Å². The minimum Gasteiger partial charge on any atom is -0.495 e. The minimum absolute atomic E-state index is 0.110. The molecule has 1 unspecified atom stereocenters. The predicted molar refractivity (Wildman–Crippen MR) is 68.3 cm³/mol. The number of hydrogen-bond donors (Lipinski definition) is 1. The second kappa shape index (κ2) is 5.58. The Hall–Kier alpha value is -1.27. The summed E-state index contributed by atoms with van der Waals surface area (Å²) in [4.78, 5) is 10.8. The Bertz CT molecular complexity index is 556. The summed E-state index contributed by atoms with van der Waals surface area (Å²) in [5.74, 6) is -0.0302. The molecule has 18 heavy (non-hydrogen) atoms. The number of hydrogen-bond acceptors (Lipinski definition) is 4. The first-order chi connectivity index (χ1) is 8.25. The first kappa shape index (κ1) is 14.8. The Morgan fingerprint density at radius 1 is 1.44 bits per heavy atom. The zero-order valence-electron chi connectivity index (χ0n) is 10.2. The van der Waals surface area contributed by atoms with Gasteiger partial charge in [0, 0.05) is 17.6 Å². The van der Waals surface area contributed by atoms with Crippen LogP contribution in [-0.4, -0.2) is 21.4 Å². The Balaban J connectivity index is 3.23. The molecule has 1 amide bonds. The minimum atomic E-state index is -3.90. The molecule has 7 heteroatoms. The van der Waals surface area contributed by atoms with Gasteiger partial charge in [-0.05, 0) is 24.6 Å². The number of carbonyl (C=O) groups is 1. The van der Waals surface area contributed by atoms with Gasteiger partial charge in [-0.15, -0.1) is 0 Å². The molecule has 0 spiro atoms. The number of carbonyl (C=O) groups excluding carboxylic acids is 1. The average molecular weight is 292 g/mol. The molecule has 0 aliphatic rings. The summed E-state index contributed by atoms with van der Waals surface area (Å²) in [7, 11) is 2.79. The zero-order valence-corrected chi connectivity index (χ0v) is 11.8. The summed E-state index contributed by atoms with van der Waals surface area (Å²) in [5.41, 5.74) is 0.630. The van der Waals surface area contributed by atoms with Crippen LogP contribution in [0.25, 0.3) is 0 Å². The van der Waals surface area contributed by atoms with Gasteiger partial charge in [-0.3, -0.25) is 4.79 Å². The van der Waals surface area contributed by atoms with Crippen LogP contribution >= 0.6 is 10.7 Å². The lowest BCUT2D eigenvalue weighted by atomic mass is 10.1. The van der Waals surface area contributed by atoms with Gasteiger partial charge in [0.05, 0.1) is 13.2 Å². The summed E-state index contributed by atoms with van der Waals surface area (Å²) in [6, 6.07) is 4.25. The third-order valence-electron chi connectivity index (χ3n) is 2.37. The van der Waals surface area contributed by atoms with Gasteiger partial charge in [-0.2, -0.15) is 0 Å². The average Bonchev–Trinajstić information content (AvgIpc) is 2.26. The smallest absolute Gasteiger partial charge is 0.264 e. The normalized spacial score (nSPS) is 12.9. The van der Waals surface area contributed by atoms with E-state index in [0.29, 0.717) is 5.56 Å². The zero-order chi connectivity index (χ0) is 13.9. The van der Waals surface area contributed by atoms with Crippen molar-refractivity contribution in [3.8, 4) is 5.75 Å². The molecule has 0 radical (unpaired) electrons. The van der Waals surface area contributed by atoms with E-state index in [9.17, 15) is 13.2 Å². The fraction of sp³-hybridized carbons (Fsp3) is 0.364. The largest absolute Gasteiger partial charge is 0.495 e. The Labute approximate surface area is 111 Å². The molecule has 0 saturated heterocycles. The van der Waals surface area contributed by atoms with Crippen LogP contribution in [0.15, 0.2) is 23.1 Å². The second-order valence-corrected chi connectivity index (χ2v) is 6.30. The lowest BCUT2D eigenvalue weighted by molar-refractivity contribution is -0.119. The molecule has 5 nitrogen and oxygen atoms in total. The highest BCUT2D eigenvalue weighted by atomic mass is 35.7. The van der Waals surface area contributed by atoms with Crippen molar-refractivity contribution in [2.24, 2.45) is 0 Å². The maximum absolute atomic E-state index is 11.4. The van der Waals surface area contributed by atoms with Crippen LogP contribution in [0, 0.1) is 0 Å². The highest BCUT2D eigenvalue weighted by Crippen LogP contribution is 2.29. The Morgan fingerprint density at radius 3 is 2.50 bits per heavy atom. The maximum Gasteiger partial charge on any atom is 0.264 e. The number of ether oxygens (including phenoxy) is 1. The van der Waals surface area contributed by atoms with Gasteiger partial charge >= 0.3 is 0 Å². The topological polar surface area (TPSA) is 72.5 Å². The standard InChI is InChI=1S/C11H14ClNO4S/c1-7(13-8(2)14)9-4-5-10(17-3)11(6-9)18(12,15)16/h4-7H,1-3H3,(H,13,14). The van der Waals surface area contributed by atoms with Crippen LogP contribution in [0.4, 0.5) is 0 Å². The monoisotopic (exact) mass is 291 g/mol. The van der Waals surface area contributed by atoms with Gasteiger partial charge in [0.15, 0.2) is 0 Å². The number of nitrogens with one attached hydrogen (secondary N) is 1. The van der Waals surface area contributed by atoms with Crippen LogP contribution in [0.5, 0.6) is 5.75 Å². The molecule has 1 aromatic rings. The first-order valence-electron chi connectivity index (χ1n) is 5.15. The number of rotatable bonds is 4. The first-order valence-corrected chi connectivity index (χ1v) is 7.46. The van der Waals surface area contributed by atoms with Crippen molar-refractivity contribution in [1.82, 2.24) is 5.32 Å². The van der Waals surface area contributed by atoms with Gasteiger partial charge in [0.1, 0.15) is 10.6 Å². The van der Waals surface area contributed by atoms with Gasteiger partial charge in [-0.1, -0.05) is 6.07 Å². The lowest BCUT2D eigenvalue weighted by Gasteiger charge is -2.15. The molecule has 0 bridgehead atoms. The Kier molecular flexibility index (Phi) is 4.59. The van der Waals surface area contributed by atoms with Crippen molar-refractivity contribution in [3.63, 3.8) is 0 Å². The van der Waals surface area contributed by atoms with Crippen LogP contribution in [0.3, 0.4) is 0 Å². The lowest BCUT2D eigenvalue weighted by Crippen LogP contribution is -2.23. The molecule has 0 fully saturated rings. The number of amides is 1. The van der Waals surface area contributed by atoms with Crippen molar-refractivity contribution in [2.45, 2.75) is 24.8 Å². The van der Waals surface area contributed by atoms with E-state index in [0.717, 1.165) is 0 Å². The van der Waals surface area contributed by atoms with Gasteiger partial charge in [0.2, 0.25) is 5.91 Å². The molecular formula is C11H14ClNO4S. The third-order valence-corrected chi connectivity index (χ3v) is 3.71. The molecule has 0 saturated carbocycles. The fourth-order valence-corrected chi connectivity index (χ4v) is 2.57. The second-order valence-electron chi connectivity index (χ2n) is 3.77. The van der Waals surface area contributed by atoms with Crippen molar-refractivity contribution < 1.29 is 17.9 Å². The molecular weight excluding hydrogens is 278 g/mol. The molecule has 0 aliphatic heterocycles. The number of halogens is 1. The molecule has 1 N–H and O–H groups in total. The third kappa shape index (κ3) is 3.61. The summed E-state index contributed by atoms with van der Waals surface area (Å²) in [5, 5.41) is 2.66. The van der Waals surface area contributed by atoms with E-state index in [1.165, 1.54) is 26.2 Å². The summed E-state index contributed by atoms with van der Waals surface area (Å²) >= 11 is 0. The van der Waals surface area contributed by atoms with Crippen molar-refractivity contribution >= 4 is 25.6 Å².